The number of ether oxygens (including phenoxy) is 2. The van der Waals surface area contributed by atoms with Gasteiger partial charge >= 0.3 is 0 Å². The molecule has 11 nitrogen and oxygen atoms in total. The summed E-state index contributed by atoms with van der Waals surface area (Å²) in [6.45, 7) is 13.1. The minimum atomic E-state index is -0.755. The number of hydrogen-bond donors (Lipinski definition) is 3. The van der Waals surface area contributed by atoms with Crippen molar-refractivity contribution in [2.24, 2.45) is 16.4 Å². The second-order valence-electron chi connectivity index (χ2n) is 8.73. The van der Waals surface area contributed by atoms with Gasteiger partial charge in [-0.05, 0) is 23.8 Å². The lowest BCUT2D eigenvalue weighted by Crippen LogP contribution is -2.55. The fourth-order valence-electron chi connectivity index (χ4n) is 2.29. The predicted octanol–water partition coefficient (Wildman–Crippen LogP) is 1.53. The van der Waals surface area contributed by atoms with E-state index in [2.05, 4.69) is 26.0 Å². The van der Waals surface area contributed by atoms with E-state index < -0.39 is 18.0 Å². The van der Waals surface area contributed by atoms with Crippen molar-refractivity contribution in [2.75, 3.05) is 39.5 Å². The Morgan fingerprint density at radius 3 is 2.13 bits per heavy atom. The molecule has 0 aliphatic heterocycles. The van der Waals surface area contributed by atoms with E-state index in [4.69, 9.17) is 15.0 Å². The van der Waals surface area contributed by atoms with Crippen molar-refractivity contribution in [2.45, 2.75) is 60.0 Å². The third-order valence-electron chi connectivity index (χ3n) is 4.05. The summed E-state index contributed by atoms with van der Waals surface area (Å²) in [6, 6.07) is -1.47. The zero-order valence-corrected chi connectivity index (χ0v) is 19.6. The fraction of sp³-hybridized carbons (Fsp3) is 0.850. The number of nitrogens with one attached hydrogen (secondary N) is 3. The molecule has 3 amide bonds. The first kappa shape index (κ1) is 28.6. The predicted molar refractivity (Wildman–Crippen MR) is 117 cm³/mol. The van der Waals surface area contributed by atoms with Crippen molar-refractivity contribution in [1.82, 2.24) is 16.0 Å². The summed E-state index contributed by atoms with van der Waals surface area (Å²) in [5.74, 6) is -1.15. The Kier molecular flexibility index (Phi) is 14.3. The van der Waals surface area contributed by atoms with Crippen molar-refractivity contribution in [1.29, 1.82) is 0 Å². The number of carbonyl (C=O) groups excluding carboxylic acids is 3. The Balaban J connectivity index is 4.30. The SMILES string of the molecule is CC(C)[C@H](NC(=O)CCOCCOCCN=[N+]=[N-])C(=O)N[C@@H](C)C(=O)NCC(C)(C)C. The van der Waals surface area contributed by atoms with Crippen LogP contribution in [0.15, 0.2) is 5.11 Å². The molecule has 0 fully saturated rings. The molecule has 0 aliphatic carbocycles. The fourth-order valence-corrected chi connectivity index (χ4v) is 2.29. The molecule has 0 saturated heterocycles. The maximum atomic E-state index is 12.6. The highest BCUT2D eigenvalue weighted by Gasteiger charge is 2.27. The molecular weight excluding hydrogens is 404 g/mol. The average Bonchev–Trinajstić information content (AvgIpc) is 2.67. The maximum Gasteiger partial charge on any atom is 0.243 e. The van der Waals surface area contributed by atoms with E-state index in [1.54, 1.807) is 6.92 Å². The van der Waals surface area contributed by atoms with Gasteiger partial charge in [-0.2, -0.15) is 0 Å². The van der Waals surface area contributed by atoms with E-state index in [-0.39, 0.29) is 42.7 Å². The van der Waals surface area contributed by atoms with Crippen LogP contribution in [0.25, 0.3) is 10.4 Å². The van der Waals surface area contributed by atoms with Gasteiger partial charge in [0.05, 0.1) is 26.4 Å². The molecule has 0 unspecified atom stereocenters. The van der Waals surface area contributed by atoms with E-state index >= 15 is 0 Å². The first-order valence-corrected chi connectivity index (χ1v) is 10.5. The average molecular weight is 443 g/mol. The van der Waals surface area contributed by atoms with Gasteiger partial charge in [0, 0.05) is 24.4 Å². The van der Waals surface area contributed by atoms with Crippen LogP contribution < -0.4 is 16.0 Å². The molecular formula is C20H38N6O5. The molecule has 0 spiro atoms. The molecule has 0 radical (unpaired) electrons. The van der Waals surface area contributed by atoms with Gasteiger partial charge in [-0.1, -0.05) is 39.7 Å². The van der Waals surface area contributed by atoms with Gasteiger partial charge < -0.3 is 25.4 Å². The lowest BCUT2D eigenvalue weighted by Gasteiger charge is -2.25. The number of rotatable bonds is 15. The monoisotopic (exact) mass is 442 g/mol. The molecule has 3 N–H and O–H groups in total. The number of carbonyl (C=O) groups is 3. The minimum absolute atomic E-state index is 0.0615. The second-order valence-corrected chi connectivity index (χ2v) is 8.73. The van der Waals surface area contributed by atoms with Crippen molar-refractivity contribution in [3.63, 3.8) is 0 Å². The van der Waals surface area contributed by atoms with Crippen LogP contribution in [0.3, 0.4) is 0 Å². The van der Waals surface area contributed by atoms with Gasteiger partial charge in [0.25, 0.3) is 0 Å². The quantitative estimate of drug-likeness (QED) is 0.152. The van der Waals surface area contributed by atoms with Crippen LogP contribution in [0.2, 0.25) is 0 Å². The lowest BCUT2D eigenvalue weighted by molar-refractivity contribution is -0.133. The Bertz CT molecular complexity index is 614. The summed E-state index contributed by atoms with van der Waals surface area (Å²) in [5, 5.41) is 11.5. The van der Waals surface area contributed by atoms with Gasteiger partial charge in [-0.25, -0.2) is 0 Å². The van der Waals surface area contributed by atoms with Crippen LogP contribution in [-0.2, 0) is 23.9 Å². The van der Waals surface area contributed by atoms with Gasteiger partial charge in [0.1, 0.15) is 12.1 Å². The highest BCUT2D eigenvalue weighted by atomic mass is 16.5. The standard InChI is InChI=1S/C20H38N6O5/c1-14(2)17(19(29)24-15(3)18(28)22-13-20(4,5)6)25-16(27)7-9-30-11-12-31-10-8-23-26-21/h14-15,17H,7-13H2,1-6H3,(H,22,28)(H,24,29)(H,25,27)/t15-,17-/m0/s1. The normalized spacial score (nSPS) is 13.1. The molecule has 0 heterocycles. The number of amides is 3. The molecule has 0 aromatic carbocycles. The van der Waals surface area contributed by atoms with Crippen LogP contribution in [0.5, 0.6) is 0 Å². The summed E-state index contributed by atoms with van der Waals surface area (Å²) in [5.41, 5.74) is 8.07. The Hall–Kier alpha value is -2.36. The van der Waals surface area contributed by atoms with E-state index in [1.807, 2.05) is 34.6 Å². The molecule has 0 aromatic rings. The van der Waals surface area contributed by atoms with Crippen LogP contribution in [0.4, 0.5) is 0 Å². The zero-order valence-electron chi connectivity index (χ0n) is 19.6. The molecule has 0 bridgehead atoms. The maximum absolute atomic E-state index is 12.6. The van der Waals surface area contributed by atoms with Crippen molar-refractivity contribution < 1.29 is 23.9 Å². The molecule has 2 atom stereocenters. The summed E-state index contributed by atoms with van der Waals surface area (Å²) in [7, 11) is 0. The Labute approximate surface area is 184 Å². The number of hydrogen-bond acceptors (Lipinski definition) is 6. The van der Waals surface area contributed by atoms with Gasteiger partial charge in [-0.3, -0.25) is 14.4 Å². The van der Waals surface area contributed by atoms with Crippen LogP contribution in [0, 0.1) is 11.3 Å². The largest absolute Gasteiger partial charge is 0.379 e. The smallest absolute Gasteiger partial charge is 0.243 e. The van der Waals surface area contributed by atoms with Gasteiger partial charge in [0.15, 0.2) is 0 Å². The van der Waals surface area contributed by atoms with Gasteiger partial charge in [-0.15, -0.1) is 0 Å². The summed E-state index contributed by atoms with van der Waals surface area (Å²) < 4.78 is 10.5. The molecule has 0 rings (SSSR count). The highest BCUT2D eigenvalue weighted by molar-refractivity contribution is 5.92. The van der Waals surface area contributed by atoms with E-state index in [1.165, 1.54) is 0 Å². The van der Waals surface area contributed by atoms with Crippen LogP contribution in [0.1, 0.15) is 48.0 Å². The summed E-state index contributed by atoms with van der Waals surface area (Å²) in [6.07, 6.45) is 0.0941. The highest BCUT2D eigenvalue weighted by Crippen LogP contribution is 2.10. The molecule has 178 valence electrons. The van der Waals surface area contributed by atoms with Crippen molar-refractivity contribution in [3.8, 4) is 0 Å². The molecule has 31 heavy (non-hydrogen) atoms. The van der Waals surface area contributed by atoms with E-state index in [0.29, 0.717) is 26.4 Å². The third kappa shape index (κ3) is 15.1. The van der Waals surface area contributed by atoms with Crippen LogP contribution >= 0.6 is 0 Å². The molecule has 0 saturated carbocycles. The van der Waals surface area contributed by atoms with Crippen molar-refractivity contribution in [3.05, 3.63) is 10.4 Å². The number of azide groups is 1. The first-order valence-electron chi connectivity index (χ1n) is 10.5. The number of nitrogens with zero attached hydrogens (tertiary/aromatic N) is 3. The molecule has 11 heteroatoms. The minimum Gasteiger partial charge on any atom is -0.379 e. The Morgan fingerprint density at radius 2 is 1.58 bits per heavy atom. The summed E-state index contributed by atoms with van der Waals surface area (Å²) >= 11 is 0. The second kappa shape index (κ2) is 15.4. The van der Waals surface area contributed by atoms with Crippen molar-refractivity contribution >= 4 is 17.7 Å². The molecule has 0 aliphatic rings. The van der Waals surface area contributed by atoms with Crippen LogP contribution in [-0.4, -0.2) is 69.3 Å². The Morgan fingerprint density at radius 1 is 0.968 bits per heavy atom. The zero-order chi connectivity index (χ0) is 23.9. The molecule has 0 aromatic heterocycles. The van der Waals surface area contributed by atoms with E-state index in [0.717, 1.165) is 0 Å². The summed E-state index contributed by atoms with van der Waals surface area (Å²) in [4.78, 5) is 39.5. The first-order chi connectivity index (χ1) is 14.5. The van der Waals surface area contributed by atoms with E-state index in [9.17, 15) is 14.4 Å². The van der Waals surface area contributed by atoms with Gasteiger partial charge in [0.2, 0.25) is 17.7 Å². The third-order valence-corrected chi connectivity index (χ3v) is 4.05. The lowest BCUT2D eigenvalue weighted by atomic mass is 9.97. The topological polar surface area (TPSA) is 155 Å².